The van der Waals surface area contributed by atoms with Crippen LogP contribution < -0.4 is 0 Å². The zero-order valence-corrected chi connectivity index (χ0v) is 15.5. The number of rotatable bonds is 4. The molecule has 1 atom stereocenters. The van der Waals surface area contributed by atoms with Gasteiger partial charge in [-0.05, 0) is 64.0 Å². The Morgan fingerprint density at radius 2 is 1.36 bits per heavy atom. The van der Waals surface area contributed by atoms with Crippen LogP contribution in [0.3, 0.4) is 0 Å². The molecular formula is C22H31N3. The fraction of sp³-hybridized carbons (Fsp3) is 0.591. The molecule has 0 bridgehead atoms. The summed E-state index contributed by atoms with van der Waals surface area (Å²) in [6, 6.07) is 13.0. The van der Waals surface area contributed by atoms with Crippen LogP contribution in [0.5, 0.6) is 0 Å². The summed E-state index contributed by atoms with van der Waals surface area (Å²) in [5.74, 6) is 0.445. The summed E-state index contributed by atoms with van der Waals surface area (Å²) in [5, 5.41) is 1.24. The Labute approximate surface area is 152 Å². The molecular weight excluding hydrogens is 306 g/mol. The second-order valence-electron chi connectivity index (χ2n) is 7.82. The van der Waals surface area contributed by atoms with Crippen molar-refractivity contribution in [2.24, 2.45) is 0 Å². The molecule has 0 amide bonds. The molecule has 0 N–H and O–H groups in total. The lowest BCUT2D eigenvalue weighted by atomic mass is 9.96. The van der Waals surface area contributed by atoms with E-state index in [1.807, 2.05) is 0 Å². The second-order valence-corrected chi connectivity index (χ2v) is 7.82. The van der Waals surface area contributed by atoms with Gasteiger partial charge in [0.2, 0.25) is 0 Å². The minimum Gasteiger partial charge on any atom is -0.287 e. The highest BCUT2D eigenvalue weighted by atomic mass is 15.4. The zero-order valence-electron chi connectivity index (χ0n) is 15.5. The third kappa shape index (κ3) is 3.73. The van der Waals surface area contributed by atoms with Crippen molar-refractivity contribution in [3.63, 3.8) is 0 Å². The number of likely N-dealkylation sites (tertiary alicyclic amines) is 2. The van der Waals surface area contributed by atoms with Gasteiger partial charge in [0.05, 0.1) is 11.7 Å². The lowest BCUT2D eigenvalue weighted by Gasteiger charge is -2.45. The summed E-state index contributed by atoms with van der Waals surface area (Å²) in [5.41, 5.74) is 2.38. The molecule has 25 heavy (non-hydrogen) atoms. The Bertz CT molecular complexity index is 668. The van der Waals surface area contributed by atoms with Crippen LogP contribution in [0, 0.1) is 0 Å². The maximum absolute atomic E-state index is 5.03. The molecule has 3 heterocycles. The van der Waals surface area contributed by atoms with Crippen LogP contribution in [0.15, 0.2) is 36.4 Å². The maximum atomic E-state index is 5.03. The second kappa shape index (κ2) is 7.84. The van der Waals surface area contributed by atoms with Crippen LogP contribution in [-0.2, 0) is 0 Å². The maximum Gasteiger partial charge on any atom is 0.0705 e. The molecule has 1 unspecified atom stereocenters. The molecule has 134 valence electrons. The number of piperidine rings is 2. The third-order valence-corrected chi connectivity index (χ3v) is 6.06. The molecule has 1 aromatic heterocycles. The average molecular weight is 338 g/mol. The van der Waals surface area contributed by atoms with Gasteiger partial charge >= 0.3 is 0 Å². The fourth-order valence-corrected chi connectivity index (χ4v) is 4.72. The van der Waals surface area contributed by atoms with E-state index < -0.39 is 0 Å². The monoisotopic (exact) mass is 337 g/mol. The highest BCUT2D eigenvalue weighted by Crippen LogP contribution is 2.30. The lowest BCUT2D eigenvalue weighted by Crippen LogP contribution is -2.54. The van der Waals surface area contributed by atoms with Gasteiger partial charge in [0.25, 0.3) is 0 Å². The molecule has 0 radical (unpaired) electrons. The number of hydrogen-bond acceptors (Lipinski definition) is 3. The third-order valence-electron chi connectivity index (χ3n) is 6.06. The van der Waals surface area contributed by atoms with Crippen LogP contribution in [-0.4, -0.2) is 47.1 Å². The predicted octanol–water partition coefficient (Wildman–Crippen LogP) is 4.64. The Kier molecular flexibility index (Phi) is 5.33. The van der Waals surface area contributed by atoms with Crippen molar-refractivity contribution >= 4 is 10.9 Å². The molecule has 3 nitrogen and oxygen atoms in total. The standard InChI is InChI=1S/C22H31N3/c1-18(20-13-12-19-10-4-5-11-21(19)23-20)22(24-14-6-2-7-15-24)25-16-8-3-9-17-25/h4-5,10-13,18,22H,2-3,6-9,14-17H2,1H3. The van der Waals surface area contributed by atoms with Gasteiger partial charge in [0.15, 0.2) is 0 Å². The summed E-state index contributed by atoms with van der Waals surface area (Å²) in [7, 11) is 0. The number of hydrogen-bond donors (Lipinski definition) is 0. The van der Waals surface area contributed by atoms with E-state index in [9.17, 15) is 0 Å². The quantitative estimate of drug-likeness (QED) is 0.810. The number of nitrogens with zero attached hydrogens (tertiary/aromatic N) is 3. The molecule has 2 aliphatic rings. The van der Waals surface area contributed by atoms with E-state index in [0.29, 0.717) is 12.1 Å². The van der Waals surface area contributed by atoms with Crippen molar-refractivity contribution < 1.29 is 0 Å². The van der Waals surface area contributed by atoms with Gasteiger partial charge in [-0.25, -0.2) is 0 Å². The number of aromatic nitrogens is 1. The van der Waals surface area contributed by atoms with Gasteiger partial charge in [-0.15, -0.1) is 0 Å². The van der Waals surface area contributed by atoms with Crippen LogP contribution in [0.1, 0.15) is 57.1 Å². The van der Waals surface area contributed by atoms with E-state index in [4.69, 9.17) is 4.98 Å². The topological polar surface area (TPSA) is 19.4 Å². The normalized spacial score (nSPS) is 21.7. The fourth-order valence-electron chi connectivity index (χ4n) is 4.72. The highest BCUT2D eigenvalue weighted by Gasteiger charge is 2.33. The smallest absolute Gasteiger partial charge is 0.0705 e. The molecule has 0 saturated carbocycles. The summed E-state index contributed by atoms with van der Waals surface area (Å²) in [4.78, 5) is 10.5. The summed E-state index contributed by atoms with van der Waals surface area (Å²) in [6.45, 7) is 7.39. The molecule has 0 aliphatic carbocycles. The molecule has 2 fully saturated rings. The van der Waals surface area contributed by atoms with Gasteiger partial charge in [0.1, 0.15) is 0 Å². The summed E-state index contributed by atoms with van der Waals surface area (Å²) in [6.07, 6.45) is 8.70. The van der Waals surface area contributed by atoms with E-state index in [1.54, 1.807) is 0 Å². The summed E-state index contributed by atoms with van der Waals surface area (Å²) >= 11 is 0. The van der Waals surface area contributed by atoms with Crippen LogP contribution >= 0.6 is 0 Å². The highest BCUT2D eigenvalue weighted by molar-refractivity contribution is 5.78. The Morgan fingerprint density at radius 1 is 0.760 bits per heavy atom. The van der Waals surface area contributed by atoms with E-state index in [1.165, 1.54) is 75.8 Å². The predicted molar refractivity (Wildman–Crippen MR) is 105 cm³/mol. The van der Waals surface area contributed by atoms with Crippen molar-refractivity contribution in [1.82, 2.24) is 14.8 Å². The first-order valence-corrected chi connectivity index (χ1v) is 10.2. The average Bonchev–Trinajstić information content (AvgIpc) is 2.69. The number of fused-ring (bicyclic) bond motifs is 1. The van der Waals surface area contributed by atoms with Gasteiger partial charge in [-0.1, -0.05) is 44.0 Å². The lowest BCUT2D eigenvalue weighted by molar-refractivity contribution is 0.00226. The van der Waals surface area contributed by atoms with Gasteiger partial charge in [-0.2, -0.15) is 0 Å². The first kappa shape index (κ1) is 17.0. The Morgan fingerprint density at radius 3 is 2.00 bits per heavy atom. The van der Waals surface area contributed by atoms with Crippen molar-refractivity contribution in [2.45, 2.75) is 57.5 Å². The van der Waals surface area contributed by atoms with E-state index in [0.717, 1.165) is 5.52 Å². The SMILES string of the molecule is CC(c1ccc2ccccc2n1)C(N1CCCCC1)N1CCCCC1. The molecule has 0 spiro atoms. The Balaban J connectivity index is 1.63. The van der Waals surface area contributed by atoms with Crippen LogP contribution in [0.25, 0.3) is 10.9 Å². The molecule has 2 aliphatic heterocycles. The first-order chi connectivity index (χ1) is 12.3. The first-order valence-electron chi connectivity index (χ1n) is 10.2. The van der Waals surface area contributed by atoms with E-state index in [2.05, 4.69) is 53.1 Å². The minimum absolute atomic E-state index is 0.445. The molecule has 3 heteroatoms. The summed E-state index contributed by atoms with van der Waals surface area (Å²) < 4.78 is 0. The van der Waals surface area contributed by atoms with Crippen LogP contribution in [0.2, 0.25) is 0 Å². The minimum atomic E-state index is 0.445. The number of para-hydroxylation sites is 1. The Hall–Kier alpha value is -1.45. The zero-order chi connectivity index (χ0) is 17.1. The van der Waals surface area contributed by atoms with E-state index in [-0.39, 0.29) is 0 Å². The molecule has 2 aromatic rings. The number of pyridine rings is 1. The van der Waals surface area contributed by atoms with Crippen molar-refractivity contribution in [3.05, 3.63) is 42.1 Å². The molecule has 4 rings (SSSR count). The molecule has 2 saturated heterocycles. The largest absolute Gasteiger partial charge is 0.287 e. The van der Waals surface area contributed by atoms with Gasteiger partial charge < -0.3 is 0 Å². The van der Waals surface area contributed by atoms with E-state index >= 15 is 0 Å². The van der Waals surface area contributed by atoms with Gasteiger partial charge in [0, 0.05) is 17.0 Å². The van der Waals surface area contributed by atoms with Crippen molar-refractivity contribution in [1.29, 1.82) is 0 Å². The van der Waals surface area contributed by atoms with Gasteiger partial charge in [-0.3, -0.25) is 14.8 Å². The number of benzene rings is 1. The molecule has 1 aromatic carbocycles. The van der Waals surface area contributed by atoms with Crippen LogP contribution in [0.4, 0.5) is 0 Å². The van der Waals surface area contributed by atoms with Crippen molar-refractivity contribution in [3.8, 4) is 0 Å². The van der Waals surface area contributed by atoms with Crippen molar-refractivity contribution in [2.75, 3.05) is 26.2 Å².